The minimum Gasteiger partial charge on any atom is -0.472 e. The number of rotatable bonds is 1. The zero-order valence-corrected chi connectivity index (χ0v) is 6.64. The first kappa shape index (κ1) is 7.50. The predicted octanol–water partition coefficient (Wildman–Crippen LogP) is 1.61. The molecular formula is C9H5N3O. The van der Waals surface area contributed by atoms with Gasteiger partial charge in [0.05, 0.1) is 18.2 Å². The maximum atomic E-state index is 8.60. The molecular weight excluding hydrogens is 166 g/mol. The molecule has 0 aliphatic carbocycles. The molecule has 0 radical (unpaired) electrons. The van der Waals surface area contributed by atoms with E-state index in [1.165, 1.54) is 6.33 Å². The largest absolute Gasteiger partial charge is 0.472 e. The van der Waals surface area contributed by atoms with Gasteiger partial charge in [0.25, 0.3) is 0 Å². The van der Waals surface area contributed by atoms with E-state index in [0.717, 1.165) is 5.56 Å². The third-order valence-electron chi connectivity index (χ3n) is 1.60. The molecule has 13 heavy (non-hydrogen) atoms. The van der Waals surface area contributed by atoms with Gasteiger partial charge in [0.2, 0.25) is 0 Å². The van der Waals surface area contributed by atoms with Crippen LogP contribution in [0.1, 0.15) is 5.69 Å². The quantitative estimate of drug-likeness (QED) is 0.653. The highest BCUT2D eigenvalue weighted by Crippen LogP contribution is 2.16. The van der Waals surface area contributed by atoms with Gasteiger partial charge in [-0.3, -0.25) is 0 Å². The van der Waals surface area contributed by atoms with Crippen LogP contribution in [0.2, 0.25) is 0 Å². The van der Waals surface area contributed by atoms with Crippen molar-refractivity contribution >= 4 is 0 Å². The second-order valence-corrected chi connectivity index (χ2v) is 2.41. The van der Waals surface area contributed by atoms with Crippen molar-refractivity contribution in [2.24, 2.45) is 0 Å². The summed E-state index contributed by atoms with van der Waals surface area (Å²) < 4.78 is 4.90. The Morgan fingerprint density at radius 3 is 3.00 bits per heavy atom. The summed E-state index contributed by atoms with van der Waals surface area (Å²) in [5.41, 5.74) is 1.89. The number of aromatic nitrogens is 2. The van der Waals surface area contributed by atoms with Crippen LogP contribution in [0.15, 0.2) is 35.4 Å². The average Bonchev–Trinajstić information content (AvgIpc) is 2.71. The van der Waals surface area contributed by atoms with E-state index in [1.807, 2.05) is 6.07 Å². The van der Waals surface area contributed by atoms with Gasteiger partial charge in [-0.1, -0.05) is 0 Å². The number of hydrogen-bond acceptors (Lipinski definition) is 4. The first-order valence-electron chi connectivity index (χ1n) is 3.65. The van der Waals surface area contributed by atoms with E-state index in [0.29, 0.717) is 11.4 Å². The normalized spacial score (nSPS) is 9.46. The average molecular weight is 171 g/mol. The Balaban J connectivity index is 2.49. The van der Waals surface area contributed by atoms with Crippen LogP contribution < -0.4 is 0 Å². The van der Waals surface area contributed by atoms with Gasteiger partial charge in [-0.2, -0.15) is 5.26 Å². The van der Waals surface area contributed by atoms with Crippen molar-refractivity contribution in [3.05, 3.63) is 36.7 Å². The summed E-state index contributed by atoms with van der Waals surface area (Å²) in [5, 5.41) is 8.60. The van der Waals surface area contributed by atoms with Crippen molar-refractivity contribution in [2.75, 3.05) is 0 Å². The molecule has 0 aromatic carbocycles. The molecule has 2 heterocycles. The summed E-state index contributed by atoms with van der Waals surface area (Å²) in [6.07, 6.45) is 4.49. The van der Waals surface area contributed by atoms with E-state index < -0.39 is 0 Å². The molecule has 0 saturated heterocycles. The van der Waals surface area contributed by atoms with Gasteiger partial charge in [-0.05, 0) is 6.07 Å². The van der Waals surface area contributed by atoms with Gasteiger partial charge in [0.15, 0.2) is 0 Å². The number of furan rings is 1. The summed E-state index contributed by atoms with van der Waals surface area (Å²) in [5.74, 6) is 0. The SMILES string of the molecule is N#Cc1cc(-c2ccoc2)ncn1. The van der Waals surface area contributed by atoms with Gasteiger partial charge in [-0.15, -0.1) is 0 Å². The standard InChI is InChI=1S/C9H5N3O/c10-4-8-3-9(12-6-11-8)7-1-2-13-5-7/h1-3,5-6H. The second kappa shape index (κ2) is 3.07. The molecule has 0 fully saturated rings. The Hall–Kier alpha value is -2.15. The highest BCUT2D eigenvalue weighted by atomic mass is 16.3. The van der Waals surface area contributed by atoms with Crippen LogP contribution in [0.5, 0.6) is 0 Å². The second-order valence-electron chi connectivity index (χ2n) is 2.41. The zero-order chi connectivity index (χ0) is 9.10. The van der Waals surface area contributed by atoms with Crippen LogP contribution in [0.3, 0.4) is 0 Å². The molecule has 0 spiro atoms. The van der Waals surface area contributed by atoms with E-state index in [1.54, 1.807) is 24.7 Å². The molecule has 4 heteroatoms. The van der Waals surface area contributed by atoms with E-state index in [2.05, 4.69) is 9.97 Å². The summed E-state index contributed by atoms with van der Waals surface area (Å²) >= 11 is 0. The topological polar surface area (TPSA) is 62.7 Å². The Labute approximate surface area is 74.5 Å². The Morgan fingerprint density at radius 2 is 2.31 bits per heavy atom. The Morgan fingerprint density at radius 1 is 1.38 bits per heavy atom. The Kier molecular flexibility index (Phi) is 1.77. The van der Waals surface area contributed by atoms with Gasteiger partial charge < -0.3 is 4.42 Å². The number of hydrogen-bond donors (Lipinski definition) is 0. The fourth-order valence-corrected chi connectivity index (χ4v) is 0.987. The molecule has 2 rings (SSSR count). The summed E-state index contributed by atoms with van der Waals surface area (Å²) in [6.45, 7) is 0. The van der Waals surface area contributed by atoms with Crippen molar-refractivity contribution in [2.45, 2.75) is 0 Å². The fourth-order valence-electron chi connectivity index (χ4n) is 0.987. The van der Waals surface area contributed by atoms with E-state index in [-0.39, 0.29) is 0 Å². The summed E-state index contributed by atoms with van der Waals surface area (Å²) in [4.78, 5) is 7.77. The molecule has 2 aromatic heterocycles. The molecule has 0 saturated carbocycles. The fraction of sp³-hybridized carbons (Fsp3) is 0. The van der Waals surface area contributed by atoms with Gasteiger partial charge in [0.1, 0.15) is 18.1 Å². The van der Waals surface area contributed by atoms with Gasteiger partial charge in [-0.25, -0.2) is 9.97 Å². The van der Waals surface area contributed by atoms with Crippen LogP contribution in [-0.2, 0) is 0 Å². The Bertz CT molecular complexity index is 442. The molecule has 0 atom stereocenters. The first-order valence-corrected chi connectivity index (χ1v) is 3.65. The van der Waals surface area contributed by atoms with Crippen molar-refractivity contribution in [3.8, 4) is 17.3 Å². The van der Waals surface area contributed by atoms with Crippen LogP contribution in [0.4, 0.5) is 0 Å². The van der Waals surface area contributed by atoms with Crippen LogP contribution >= 0.6 is 0 Å². The molecule has 62 valence electrons. The highest BCUT2D eigenvalue weighted by Gasteiger charge is 2.01. The van der Waals surface area contributed by atoms with E-state index >= 15 is 0 Å². The van der Waals surface area contributed by atoms with E-state index in [9.17, 15) is 0 Å². The molecule has 4 nitrogen and oxygen atoms in total. The van der Waals surface area contributed by atoms with Crippen molar-refractivity contribution in [3.63, 3.8) is 0 Å². The van der Waals surface area contributed by atoms with Gasteiger partial charge in [0, 0.05) is 11.6 Å². The highest BCUT2D eigenvalue weighted by molar-refractivity contribution is 5.57. The maximum Gasteiger partial charge on any atom is 0.144 e. The smallest absolute Gasteiger partial charge is 0.144 e. The summed E-state index contributed by atoms with van der Waals surface area (Å²) in [6, 6.07) is 5.34. The lowest BCUT2D eigenvalue weighted by molar-refractivity contribution is 0.568. The van der Waals surface area contributed by atoms with Crippen LogP contribution in [0, 0.1) is 11.3 Å². The molecule has 2 aromatic rings. The maximum absolute atomic E-state index is 8.60. The van der Waals surface area contributed by atoms with E-state index in [4.69, 9.17) is 9.68 Å². The minimum atomic E-state index is 0.353. The monoisotopic (exact) mass is 171 g/mol. The van der Waals surface area contributed by atoms with Crippen LogP contribution in [0.25, 0.3) is 11.3 Å². The third kappa shape index (κ3) is 1.40. The molecule has 0 N–H and O–H groups in total. The lowest BCUT2D eigenvalue weighted by atomic mass is 10.2. The molecule has 0 amide bonds. The number of nitriles is 1. The van der Waals surface area contributed by atoms with Crippen molar-refractivity contribution < 1.29 is 4.42 Å². The zero-order valence-electron chi connectivity index (χ0n) is 6.64. The molecule has 0 aliphatic rings. The summed E-state index contributed by atoms with van der Waals surface area (Å²) in [7, 11) is 0. The molecule has 0 bridgehead atoms. The lowest BCUT2D eigenvalue weighted by Gasteiger charge is -1.93. The van der Waals surface area contributed by atoms with Crippen LogP contribution in [-0.4, -0.2) is 9.97 Å². The number of nitrogens with zero attached hydrogens (tertiary/aromatic N) is 3. The third-order valence-corrected chi connectivity index (χ3v) is 1.60. The molecule has 0 unspecified atom stereocenters. The lowest BCUT2D eigenvalue weighted by Crippen LogP contribution is -1.86. The van der Waals surface area contributed by atoms with Gasteiger partial charge >= 0.3 is 0 Å². The minimum absolute atomic E-state index is 0.353. The first-order chi connectivity index (χ1) is 6.40. The predicted molar refractivity (Wildman–Crippen MR) is 44.4 cm³/mol. The van der Waals surface area contributed by atoms with Crippen molar-refractivity contribution in [1.29, 1.82) is 5.26 Å². The van der Waals surface area contributed by atoms with Crippen molar-refractivity contribution in [1.82, 2.24) is 9.97 Å². The molecule has 0 aliphatic heterocycles.